The number of furan rings is 1. The van der Waals surface area contributed by atoms with E-state index in [-0.39, 0.29) is 0 Å². The van der Waals surface area contributed by atoms with Gasteiger partial charge >= 0.3 is 0 Å². The topological polar surface area (TPSA) is 25.2 Å². The Bertz CT molecular complexity index is 289. The molecule has 1 unspecified atom stereocenters. The van der Waals surface area contributed by atoms with Crippen LogP contribution < -0.4 is 5.32 Å². The molecule has 0 amide bonds. The Kier molecular flexibility index (Phi) is 4.03. The fourth-order valence-electron chi connectivity index (χ4n) is 2.01. The maximum Gasteiger partial charge on any atom is 0.105 e. The van der Waals surface area contributed by atoms with Gasteiger partial charge in [-0.1, -0.05) is 12.2 Å². The van der Waals surface area contributed by atoms with Crippen molar-refractivity contribution in [3.8, 4) is 0 Å². The molecule has 1 N–H and O–H groups in total. The first kappa shape index (κ1) is 10.5. The van der Waals surface area contributed by atoms with E-state index in [9.17, 15) is 0 Å². The molecule has 0 saturated heterocycles. The minimum atomic E-state index is 0.839. The molecule has 1 aromatic heterocycles. The second kappa shape index (κ2) is 5.76. The normalized spacial score (nSPS) is 20.7. The van der Waals surface area contributed by atoms with E-state index in [1.165, 1.54) is 19.3 Å². The standard InChI is InChI=1S/C13H19NO/c1-2-5-12(6-3-1)11-14-9-8-13-7-4-10-15-13/h1-2,4,7,10,12,14H,3,5-6,8-9,11H2. The molecule has 1 atom stereocenters. The molecule has 2 rings (SSSR count). The molecule has 0 saturated carbocycles. The van der Waals surface area contributed by atoms with Gasteiger partial charge in [-0.3, -0.25) is 0 Å². The molecule has 1 heterocycles. The maximum atomic E-state index is 5.27. The lowest BCUT2D eigenvalue weighted by atomic mass is 9.94. The van der Waals surface area contributed by atoms with Crippen molar-refractivity contribution in [1.82, 2.24) is 5.32 Å². The van der Waals surface area contributed by atoms with Crippen LogP contribution in [0.15, 0.2) is 35.0 Å². The fourth-order valence-corrected chi connectivity index (χ4v) is 2.01. The maximum absolute atomic E-state index is 5.27. The van der Waals surface area contributed by atoms with E-state index in [1.807, 2.05) is 12.1 Å². The van der Waals surface area contributed by atoms with Crippen LogP contribution in [0.4, 0.5) is 0 Å². The van der Waals surface area contributed by atoms with Crippen molar-refractivity contribution >= 4 is 0 Å². The zero-order valence-corrected chi connectivity index (χ0v) is 9.11. The van der Waals surface area contributed by atoms with Gasteiger partial charge in [0, 0.05) is 13.0 Å². The summed E-state index contributed by atoms with van der Waals surface area (Å²) in [5.74, 6) is 1.91. The van der Waals surface area contributed by atoms with Crippen molar-refractivity contribution in [3.05, 3.63) is 36.3 Å². The molecule has 15 heavy (non-hydrogen) atoms. The molecule has 1 aliphatic rings. The van der Waals surface area contributed by atoms with Crippen LogP contribution >= 0.6 is 0 Å². The molecule has 0 fully saturated rings. The molecule has 0 radical (unpaired) electrons. The summed E-state index contributed by atoms with van der Waals surface area (Å²) >= 11 is 0. The van der Waals surface area contributed by atoms with Crippen molar-refractivity contribution in [2.24, 2.45) is 5.92 Å². The Morgan fingerprint density at radius 3 is 3.13 bits per heavy atom. The SMILES string of the molecule is C1=CCC(CNCCc2ccco2)CC1. The minimum Gasteiger partial charge on any atom is -0.469 e. The first-order chi connectivity index (χ1) is 7.45. The number of rotatable bonds is 5. The van der Waals surface area contributed by atoms with Gasteiger partial charge in [0.25, 0.3) is 0 Å². The second-order valence-corrected chi connectivity index (χ2v) is 4.18. The van der Waals surface area contributed by atoms with E-state index in [0.29, 0.717) is 0 Å². The van der Waals surface area contributed by atoms with Gasteiger partial charge < -0.3 is 9.73 Å². The third-order valence-corrected chi connectivity index (χ3v) is 2.94. The van der Waals surface area contributed by atoms with E-state index in [2.05, 4.69) is 17.5 Å². The predicted molar refractivity (Wildman–Crippen MR) is 61.8 cm³/mol. The summed E-state index contributed by atoms with van der Waals surface area (Å²) in [6.45, 7) is 2.17. The second-order valence-electron chi connectivity index (χ2n) is 4.18. The molecule has 82 valence electrons. The molecular weight excluding hydrogens is 186 g/mol. The van der Waals surface area contributed by atoms with Crippen LogP contribution in [0.5, 0.6) is 0 Å². The van der Waals surface area contributed by atoms with Gasteiger partial charge in [-0.2, -0.15) is 0 Å². The smallest absolute Gasteiger partial charge is 0.105 e. The van der Waals surface area contributed by atoms with Gasteiger partial charge in [0.1, 0.15) is 5.76 Å². The Hall–Kier alpha value is -1.02. The largest absolute Gasteiger partial charge is 0.469 e. The summed E-state index contributed by atoms with van der Waals surface area (Å²) in [6.07, 6.45) is 11.2. The van der Waals surface area contributed by atoms with Crippen molar-refractivity contribution < 1.29 is 4.42 Å². The molecule has 0 bridgehead atoms. The monoisotopic (exact) mass is 205 g/mol. The number of nitrogens with one attached hydrogen (secondary N) is 1. The zero-order valence-electron chi connectivity index (χ0n) is 9.11. The van der Waals surface area contributed by atoms with Gasteiger partial charge in [-0.25, -0.2) is 0 Å². The predicted octanol–water partition coefficient (Wildman–Crippen LogP) is 2.77. The average Bonchev–Trinajstić information content (AvgIpc) is 2.79. The van der Waals surface area contributed by atoms with Crippen LogP contribution in [0.1, 0.15) is 25.0 Å². The number of allylic oxidation sites excluding steroid dienone is 2. The van der Waals surface area contributed by atoms with Crippen molar-refractivity contribution in [3.63, 3.8) is 0 Å². The highest BCUT2D eigenvalue weighted by Gasteiger charge is 2.08. The van der Waals surface area contributed by atoms with E-state index in [0.717, 1.165) is 31.2 Å². The Morgan fingerprint density at radius 2 is 2.40 bits per heavy atom. The van der Waals surface area contributed by atoms with Crippen LogP contribution in [0.25, 0.3) is 0 Å². The van der Waals surface area contributed by atoms with Crippen LogP contribution in [0.2, 0.25) is 0 Å². The molecular formula is C13H19NO. The molecule has 0 aliphatic heterocycles. The highest BCUT2D eigenvalue weighted by atomic mass is 16.3. The Morgan fingerprint density at radius 1 is 1.40 bits per heavy atom. The quantitative estimate of drug-likeness (QED) is 0.590. The Balaban J connectivity index is 1.57. The Labute approximate surface area is 91.4 Å². The summed E-state index contributed by atoms with van der Waals surface area (Å²) in [4.78, 5) is 0. The van der Waals surface area contributed by atoms with Gasteiger partial charge in [-0.15, -0.1) is 0 Å². The first-order valence-electron chi connectivity index (χ1n) is 5.83. The summed E-state index contributed by atoms with van der Waals surface area (Å²) in [5.41, 5.74) is 0. The van der Waals surface area contributed by atoms with E-state index >= 15 is 0 Å². The molecule has 0 spiro atoms. The van der Waals surface area contributed by atoms with Gasteiger partial charge in [-0.05, 0) is 43.9 Å². The van der Waals surface area contributed by atoms with Crippen molar-refractivity contribution in [2.75, 3.05) is 13.1 Å². The molecule has 2 nitrogen and oxygen atoms in total. The van der Waals surface area contributed by atoms with Crippen molar-refractivity contribution in [2.45, 2.75) is 25.7 Å². The van der Waals surface area contributed by atoms with Crippen LogP contribution in [0.3, 0.4) is 0 Å². The lowest BCUT2D eigenvalue weighted by Gasteiger charge is -2.17. The molecule has 2 heteroatoms. The van der Waals surface area contributed by atoms with Gasteiger partial charge in [0.15, 0.2) is 0 Å². The van der Waals surface area contributed by atoms with E-state index < -0.39 is 0 Å². The molecule has 0 aromatic carbocycles. The highest BCUT2D eigenvalue weighted by Crippen LogP contribution is 2.16. The van der Waals surface area contributed by atoms with Crippen LogP contribution in [-0.2, 0) is 6.42 Å². The zero-order chi connectivity index (χ0) is 10.3. The lowest BCUT2D eigenvalue weighted by molar-refractivity contribution is 0.433. The summed E-state index contributed by atoms with van der Waals surface area (Å²) in [6, 6.07) is 3.98. The summed E-state index contributed by atoms with van der Waals surface area (Å²) in [7, 11) is 0. The first-order valence-corrected chi connectivity index (χ1v) is 5.83. The van der Waals surface area contributed by atoms with Crippen LogP contribution in [0, 0.1) is 5.92 Å². The molecule has 1 aromatic rings. The number of hydrogen-bond donors (Lipinski definition) is 1. The summed E-state index contributed by atoms with van der Waals surface area (Å²) in [5, 5.41) is 3.50. The minimum absolute atomic E-state index is 0.839. The average molecular weight is 205 g/mol. The highest BCUT2D eigenvalue weighted by molar-refractivity contribution is 4.98. The van der Waals surface area contributed by atoms with Crippen molar-refractivity contribution in [1.29, 1.82) is 0 Å². The van der Waals surface area contributed by atoms with Crippen LogP contribution in [-0.4, -0.2) is 13.1 Å². The van der Waals surface area contributed by atoms with Gasteiger partial charge in [0.2, 0.25) is 0 Å². The number of hydrogen-bond acceptors (Lipinski definition) is 2. The third-order valence-electron chi connectivity index (χ3n) is 2.94. The lowest BCUT2D eigenvalue weighted by Crippen LogP contribution is -2.25. The van der Waals surface area contributed by atoms with E-state index in [1.54, 1.807) is 6.26 Å². The fraction of sp³-hybridized carbons (Fsp3) is 0.538. The molecule has 1 aliphatic carbocycles. The van der Waals surface area contributed by atoms with E-state index in [4.69, 9.17) is 4.42 Å². The summed E-state index contributed by atoms with van der Waals surface area (Å²) < 4.78 is 5.27. The third kappa shape index (κ3) is 3.56. The van der Waals surface area contributed by atoms with Gasteiger partial charge in [0.05, 0.1) is 6.26 Å².